The monoisotopic (exact) mass is 324 g/mol. The highest BCUT2D eigenvalue weighted by molar-refractivity contribution is 5.88. The van der Waals surface area contributed by atoms with E-state index in [0.29, 0.717) is 23.4 Å². The van der Waals surface area contributed by atoms with Crippen LogP contribution in [0.15, 0.2) is 30.5 Å². The number of nitrogens with one attached hydrogen (secondary N) is 2. The van der Waals surface area contributed by atoms with Crippen LogP contribution in [0.4, 0.5) is 23.1 Å². The number of carbonyl (C=O) groups is 1. The maximum Gasteiger partial charge on any atom is 0.224 e. The topological polar surface area (TPSA) is 145 Å². The van der Waals surface area contributed by atoms with Crippen molar-refractivity contribution in [2.75, 3.05) is 22.1 Å². The third-order valence-electron chi connectivity index (χ3n) is 3.18. The van der Waals surface area contributed by atoms with Crippen LogP contribution in [-0.4, -0.2) is 25.8 Å². The maximum atomic E-state index is 11.0. The number of aromatic nitrogens is 4. The summed E-state index contributed by atoms with van der Waals surface area (Å²) in [5.74, 6) is 0.161. The van der Waals surface area contributed by atoms with Crippen LogP contribution in [0.3, 0.4) is 0 Å². The van der Waals surface area contributed by atoms with Crippen molar-refractivity contribution in [2.45, 2.75) is 13.5 Å². The molecule has 3 aromatic rings. The van der Waals surface area contributed by atoms with Gasteiger partial charge in [-0.15, -0.1) is 0 Å². The van der Waals surface area contributed by atoms with Crippen molar-refractivity contribution in [2.24, 2.45) is 0 Å². The SMILES string of the molecule is CC(=O)Nc1ccc(NCc2cnc3nc(N)nc(N)c3n2)cc1. The van der Waals surface area contributed by atoms with Crippen LogP contribution in [0.5, 0.6) is 0 Å². The second kappa shape index (κ2) is 6.32. The number of benzene rings is 1. The van der Waals surface area contributed by atoms with Gasteiger partial charge in [0.15, 0.2) is 17.0 Å². The molecule has 1 aromatic carbocycles. The summed E-state index contributed by atoms with van der Waals surface area (Å²) in [6.07, 6.45) is 1.60. The lowest BCUT2D eigenvalue weighted by Gasteiger charge is -2.08. The van der Waals surface area contributed by atoms with E-state index in [1.165, 1.54) is 6.92 Å². The maximum absolute atomic E-state index is 11.0. The molecule has 6 N–H and O–H groups in total. The predicted molar refractivity (Wildman–Crippen MR) is 92.0 cm³/mol. The van der Waals surface area contributed by atoms with E-state index in [1.54, 1.807) is 6.20 Å². The number of nitrogen functional groups attached to an aromatic ring is 2. The first-order chi connectivity index (χ1) is 11.5. The molecule has 9 nitrogen and oxygen atoms in total. The molecule has 0 aliphatic carbocycles. The van der Waals surface area contributed by atoms with Gasteiger partial charge in [-0.25, -0.2) is 9.97 Å². The van der Waals surface area contributed by atoms with E-state index < -0.39 is 0 Å². The molecule has 0 atom stereocenters. The van der Waals surface area contributed by atoms with Gasteiger partial charge in [0, 0.05) is 18.3 Å². The zero-order valence-electron chi connectivity index (χ0n) is 12.9. The molecule has 3 rings (SSSR count). The molecule has 0 saturated carbocycles. The van der Waals surface area contributed by atoms with Gasteiger partial charge in [-0.05, 0) is 24.3 Å². The summed E-state index contributed by atoms with van der Waals surface area (Å²) in [6, 6.07) is 7.34. The molecule has 9 heteroatoms. The highest BCUT2D eigenvalue weighted by atomic mass is 16.1. The lowest BCUT2D eigenvalue weighted by atomic mass is 10.2. The fourth-order valence-corrected chi connectivity index (χ4v) is 2.14. The third kappa shape index (κ3) is 3.46. The van der Waals surface area contributed by atoms with Crippen molar-refractivity contribution in [1.29, 1.82) is 0 Å². The van der Waals surface area contributed by atoms with Gasteiger partial charge in [0.1, 0.15) is 0 Å². The summed E-state index contributed by atoms with van der Waals surface area (Å²) in [5, 5.41) is 5.93. The van der Waals surface area contributed by atoms with Gasteiger partial charge < -0.3 is 22.1 Å². The van der Waals surface area contributed by atoms with Gasteiger partial charge in [0.25, 0.3) is 0 Å². The summed E-state index contributed by atoms with van der Waals surface area (Å²) >= 11 is 0. The zero-order chi connectivity index (χ0) is 17.1. The standard InChI is InChI=1S/C15H16N8O/c1-8(24)20-10-4-2-9(3-5-10)18-6-11-7-19-14-12(21-11)13(16)22-15(17)23-14/h2-5,7,18H,6H2,1H3,(H,20,24)(H4,16,17,19,22,23). The summed E-state index contributed by atoms with van der Waals surface area (Å²) < 4.78 is 0. The summed E-state index contributed by atoms with van der Waals surface area (Å²) in [7, 11) is 0. The normalized spacial score (nSPS) is 10.5. The Morgan fingerprint density at radius 2 is 1.79 bits per heavy atom. The van der Waals surface area contributed by atoms with Gasteiger partial charge >= 0.3 is 0 Å². The first-order valence-corrected chi connectivity index (χ1v) is 7.17. The van der Waals surface area contributed by atoms with Crippen molar-refractivity contribution in [3.8, 4) is 0 Å². The smallest absolute Gasteiger partial charge is 0.224 e. The molecule has 1 amide bonds. The molecule has 2 aromatic heterocycles. The second-order valence-electron chi connectivity index (χ2n) is 5.11. The van der Waals surface area contributed by atoms with Gasteiger partial charge in [0.2, 0.25) is 11.9 Å². The number of nitrogens with zero attached hydrogens (tertiary/aromatic N) is 4. The van der Waals surface area contributed by atoms with E-state index >= 15 is 0 Å². The molecule has 0 aliphatic heterocycles. The van der Waals surface area contributed by atoms with Gasteiger partial charge in [-0.2, -0.15) is 9.97 Å². The number of carbonyl (C=O) groups excluding carboxylic acids is 1. The van der Waals surface area contributed by atoms with Gasteiger partial charge in [-0.1, -0.05) is 0 Å². The molecular weight excluding hydrogens is 308 g/mol. The molecule has 0 aliphatic rings. The fraction of sp³-hybridized carbons (Fsp3) is 0.133. The van der Waals surface area contributed by atoms with E-state index in [9.17, 15) is 4.79 Å². The van der Waals surface area contributed by atoms with Crippen LogP contribution in [0, 0.1) is 0 Å². The molecule has 0 saturated heterocycles. The highest BCUT2D eigenvalue weighted by Crippen LogP contribution is 2.16. The Balaban J connectivity index is 1.72. The minimum absolute atomic E-state index is 0.0689. The van der Waals surface area contributed by atoms with E-state index in [1.807, 2.05) is 24.3 Å². The molecule has 0 bridgehead atoms. The molecule has 0 unspecified atom stereocenters. The molecule has 24 heavy (non-hydrogen) atoms. The summed E-state index contributed by atoms with van der Waals surface area (Å²) in [5.41, 5.74) is 14.4. The summed E-state index contributed by atoms with van der Waals surface area (Å²) in [6.45, 7) is 1.92. The van der Waals surface area contributed by atoms with E-state index in [-0.39, 0.29) is 17.7 Å². The van der Waals surface area contributed by atoms with Crippen LogP contribution in [-0.2, 0) is 11.3 Å². The quantitative estimate of drug-likeness (QED) is 0.559. The number of amides is 1. The van der Waals surface area contributed by atoms with Crippen LogP contribution in [0.2, 0.25) is 0 Å². The number of nitrogens with two attached hydrogens (primary N) is 2. The van der Waals surface area contributed by atoms with Crippen LogP contribution < -0.4 is 22.1 Å². The molecule has 122 valence electrons. The number of hydrogen-bond donors (Lipinski definition) is 4. The predicted octanol–water partition coefficient (Wildman–Crippen LogP) is 1.15. The van der Waals surface area contributed by atoms with Crippen LogP contribution in [0.25, 0.3) is 11.2 Å². The first kappa shape index (κ1) is 15.4. The lowest BCUT2D eigenvalue weighted by Crippen LogP contribution is -2.07. The van der Waals surface area contributed by atoms with Crippen molar-refractivity contribution in [3.05, 3.63) is 36.2 Å². The number of hydrogen-bond acceptors (Lipinski definition) is 8. The zero-order valence-corrected chi connectivity index (χ0v) is 12.9. The van der Waals surface area contributed by atoms with Crippen molar-refractivity contribution < 1.29 is 4.79 Å². The summed E-state index contributed by atoms with van der Waals surface area (Å²) in [4.78, 5) is 27.5. The van der Waals surface area contributed by atoms with Crippen LogP contribution >= 0.6 is 0 Å². The lowest BCUT2D eigenvalue weighted by molar-refractivity contribution is -0.114. The molecular formula is C15H16N8O. The minimum Gasteiger partial charge on any atom is -0.382 e. The average Bonchev–Trinajstić information content (AvgIpc) is 2.54. The Labute approximate surface area is 137 Å². The second-order valence-corrected chi connectivity index (χ2v) is 5.11. The average molecular weight is 324 g/mol. The molecule has 0 spiro atoms. The third-order valence-corrected chi connectivity index (χ3v) is 3.18. The van der Waals surface area contributed by atoms with Crippen molar-refractivity contribution >= 4 is 40.2 Å². The Hall–Kier alpha value is -3.49. The highest BCUT2D eigenvalue weighted by Gasteiger charge is 2.07. The Morgan fingerprint density at radius 1 is 1.08 bits per heavy atom. The minimum atomic E-state index is -0.109. The van der Waals surface area contributed by atoms with E-state index in [2.05, 4.69) is 30.6 Å². The van der Waals surface area contributed by atoms with Gasteiger partial charge in [-0.3, -0.25) is 4.79 Å². The Morgan fingerprint density at radius 3 is 2.50 bits per heavy atom. The Kier molecular flexibility index (Phi) is 4.06. The van der Waals surface area contributed by atoms with Crippen LogP contribution in [0.1, 0.15) is 12.6 Å². The number of anilines is 4. The van der Waals surface area contributed by atoms with E-state index in [4.69, 9.17) is 11.5 Å². The van der Waals surface area contributed by atoms with Crippen molar-refractivity contribution in [3.63, 3.8) is 0 Å². The van der Waals surface area contributed by atoms with Crippen molar-refractivity contribution in [1.82, 2.24) is 19.9 Å². The van der Waals surface area contributed by atoms with E-state index in [0.717, 1.165) is 11.4 Å². The Bertz CT molecular complexity index is 894. The largest absolute Gasteiger partial charge is 0.382 e. The number of rotatable bonds is 4. The molecule has 0 fully saturated rings. The number of fused-ring (bicyclic) bond motifs is 1. The van der Waals surface area contributed by atoms with Gasteiger partial charge in [0.05, 0.1) is 18.4 Å². The first-order valence-electron chi connectivity index (χ1n) is 7.17. The fourth-order valence-electron chi connectivity index (χ4n) is 2.14. The molecule has 0 radical (unpaired) electrons. The molecule has 2 heterocycles.